The van der Waals surface area contributed by atoms with E-state index in [0.29, 0.717) is 18.3 Å². The van der Waals surface area contributed by atoms with E-state index in [0.717, 1.165) is 12.8 Å². The van der Waals surface area contributed by atoms with Gasteiger partial charge in [0.1, 0.15) is 12.4 Å². The van der Waals surface area contributed by atoms with Gasteiger partial charge >= 0.3 is 5.97 Å². The molecule has 0 spiro atoms. The van der Waals surface area contributed by atoms with Crippen molar-refractivity contribution in [1.82, 2.24) is 9.78 Å². The Morgan fingerprint density at radius 3 is 2.94 bits per heavy atom. The second-order valence-corrected chi connectivity index (χ2v) is 4.19. The van der Waals surface area contributed by atoms with Crippen LogP contribution in [0.3, 0.4) is 0 Å². The van der Waals surface area contributed by atoms with Crippen LogP contribution in [0.4, 0.5) is 5.82 Å². The second-order valence-electron chi connectivity index (χ2n) is 4.19. The average Bonchev–Trinajstić information content (AvgIpc) is 2.58. The summed E-state index contributed by atoms with van der Waals surface area (Å²) in [6.45, 7) is 4.90. The van der Waals surface area contributed by atoms with Crippen LogP contribution < -0.4 is 5.73 Å². The van der Waals surface area contributed by atoms with Crippen LogP contribution in [0, 0.1) is 5.92 Å². The van der Waals surface area contributed by atoms with Crippen LogP contribution >= 0.6 is 0 Å². The Labute approximate surface area is 95.6 Å². The van der Waals surface area contributed by atoms with Gasteiger partial charge in [-0.15, -0.1) is 0 Å². The number of aromatic nitrogens is 2. The lowest BCUT2D eigenvalue weighted by Gasteiger charge is -2.06. The van der Waals surface area contributed by atoms with E-state index >= 15 is 0 Å². The molecule has 0 aliphatic heterocycles. The van der Waals surface area contributed by atoms with Gasteiger partial charge in [0.25, 0.3) is 0 Å². The van der Waals surface area contributed by atoms with E-state index < -0.39 is 0 Å². The molecular formula is C11H19N3O2. The number of nitrogen functional groups attached to an aromatic ring is 1. The summed E-state index contributed by atoms with van der Waals surface area (Å²) in [4.78, 5) is 11.3. The van der Waals surface area contributed by atoms with Crippen molar-refractivity contribution in [2.45, 2.75) is 33.2 Å². The molecule has 5 nitrogen and oxygen atoms in total. The Morgan fingerprint density at radius 1 is 1.62 bits per heavy atom. The summed E-state index contributed by atoms with van der Waals surface area (Å²) in [6.07, 6.45) is 3.64. The third-order valence-corrected chi connectivity index (χ3v) is 2.14. The molecule has 0 radical (unpaired) electrons. The summed E-state index contributed by atoms with van der Waals surface area (Å²) >= 11 is 0. The predicted octanol–water partition coefficient (Wildman–Crippen LogP) is 1.44. The minimum absolute atomic E-state index is 0.124. The van der Waals surface area contributed by atoms with Crippen molar-refractivity contribution >= 4 is 11.8 Å². The van der Waals surface area contributed by atoms with Gasteiger partial charge in [0.2, 0.25) is 0 Å². The van der Waals surface area contributed by atoms with E-state index in [1.165, 1.54) is 4.68 Å². The van der Waals surface area contributed by atoms with Crippen LogP contribution in [-0.2, 0) is 16.1 Å². The molecule has 0 aliphatic rings. The van der Waals surface area contributed by atoms with Gasteiger partial charge in [-0.3, -0.25) is 9.48 Å². The van der Waals surface area contributed by atoms with Crippen molar-refractivity contribution in [3.63, 3.8) is 0 Å². The third-order valence-electron chi connectivity index (χ3n) is 2.14. The lowest BCUT2D eigenvalue weighted by Crippen LogP contribution is -2.15. The van der Waals surface area contributed by atoms with Crippen molar-refractivity contribution in [2.24, 2.45) is 5.92 Å². The van der Waals surface area contributed by atoms with E-state index in [1.807, 2.05) is 0 Å². The first kappa shape index (κ1) is 12.5. The van der Waals surface area contributed by atoms with Gasteiger partial charge in [0.15, 0.2) is 0 Å². The molecular weight excluding hydrogens is 206 g/mol. The molecule has 16 heavy (non-hydrogen) atoms. The molecule has 0 bridgehead atoms. The SMILES string of the molecule is CC(C)CCCOC(=O)Cn1ccc(N)n1. The van der Waals surface area contributed by atoms with Crippen molar-refractivity contribution in [1.29, 1.82) is 0 Å². The molecule has 0 unspecified atom stereocenters. The number of anilines is 1. The minimum atomic E-state index is -0.271. The Kier molecular flexibility index (Phi) is 4.82. The number of nitrogens with zero attached hydrogens (tertiary/aromatic N) is 2. The molecule has 1 aromatic heterocycles. The predicted molar refractivity (Wildman–Crippen MR) is 61.7 cm³/mol. The molecule has 0 amide bonds. The zero-order valence-electron chi connectivity index (χ0n) is 9.85. The summed E-state index contributed by atoms with van der Waals surface area (Å²) in [7, 11) is 0. The molecule has 0 aromatic carbocycles. The highest BCUT2D eigenvalue weighted by Crippen LogP contribution is 2.03. The van der Waals surface area contributed by atoms with Gasteiger partial charge in [-0.25, -0.2) is 0 Å². The minimum Gasteiger partial charge on any atom is -0.464 e. The molecule has 90 valence electrons. The third kappa shape index (κ3) is 4.82. The van der Waals surface area contributed by atoms with Crippen LogP contribution in [0.5, 0.6) is 0 Å². The normalized spacial score (nSPS) is 10.7. The van der Waals surface area contributed by atoms with E-state index in [9.17, 15) is 4.79 Å². The Morgan fingerprint density at radius 2 is 2.38 bits per heavy atom. The molecule has 0 aliphatic carbocycles. The van der Waals surface area contributed by atoms with E-state index in [4.69, 9.17) is 10.5 Å². The molecule has 0 saturated heterocycles. The first-order valence-electron chi connectivity index (χ1n) is 5.52. The van der Waals surface area contributed by atoms with Crippen LogP contribution in [-0.4, -0.2) is 22.4 Å². The Hall–Kier alpha value is -1.52. The fourth-order valence-electron chi connectivity index (χ4n) is 1.32. The summed E-state index contributed by atoms with van der Waals surface area (Å²) in [5, 5.41) is 3.90. The largest absolute Gasteiger partial charge is 0.464 e. The van der Waals surface area contributed by atoms with Gasteiger partial charge in [-0.2, -0.15) is 5.10 Å². The van der Waals surface area contributed by atoms with Gasteiger partial charge < -0.3 is 10.5 Å². The van der Waals surface area contributed by atoms with Crippen molar-refractivity contribution < 1.29 is 9.53 Å². The molecule has 2 N–H and O–H groups in total. The van der Waals surface area contributed by atoms with Crippen molar-refractivity contribution in [3.05, 3.63) is 12.3 Å². The summed E-state index contributed by atoms with van der Waals surface area (Å²) < 4.78 is 6.54. The number of carbonyl (C=O) groups excluding carboxylic acids is 1. The molecule has 5 heteroatoms. The van der Waals surface area contributed by atoms with Crippen molar-refractivity contribution in [3.8, 4) is 0 Å². The second kappa shape index (κ2) is 6.15. The highest BCUT2D eigenvalue weighted by atomic mass is 16.5. The van der Waals surface area contributed by atoms with Crippen molar-refractivity contribution in [2.75, 3.05) is 12.3 Å². The zero-order chi connectivity index (χ0) is 12.0. The fourth-order valence-corrected chi connectivity index (χ4v) is 1.32. The first-order chi connectivity index (χ1) is 7.58. The number of nitrogens with two attached hydrogens (primary N) is 1. The van der Waals surface area contributed by atoms with Gasteiger partial charge in [0, 0.05) is 6.20 Å². The van der Waals surface area contributed by atoms with Crippen LogP contribution in [0.15, 0.2) is 12.3 Å². The molecule has 0 saturated carbocycles. The number of rotatable bonds is 6. The molecule has 1 aromatic rings. The Bertz CT molecular complexity index is 334. The number of hydrogen-bond acceptors (Lipinski definition) is 4. The van der Waals surface area contributed by atoms with Crippen LogP contribution in [0.25, 0.3) is 0 Å². The number of hydrogen-bond donors (Lipinski definition) is 1. The van der Waals surface area contributed by atoms with E-state index in [1.54, 1.807) is 12.3 Å². The van der Waals surface area contributed by atoms with Crippen LogP contribution in [0.2, 0.25) is 0 Å². The number of carbonyl (C=O) groups is 1. The maximum Gasteiger partial charge on any atom is 0.327 e. The number of esters is 1. The molecule has 1 rings (SSSR count). The average molecular weight is 225 g/mol. The molecule has 0 fully saturated rings. The van der Waals surface area contributed by atoms with Crippen LogP contribution in [0.1, 0.15) is 26.7 Å². The number of ether oxygens (including phenoxy) is 1. The fraction of sp³-hybridized carbons (Fsp3) is 0.636. The maximum atomic E-state index is 11.3. The highest BCUT2D eigenvalue weighted by Gasteiger charge is 2.05. The van der Waals surface area contributed by atoms with Gasteiger partial charge in [-0.1, -0.05) is 13.8 Å². The Balaban J connectivity index is 2.16. The lowest BCUT2D eigenvalue weighted by molar-refractivity contribution is -0.144. The monoisotopic (exact) mass is 225 g/mol. The highest BCUT2D eigenvalue weighted by molar-refractivity contribution is 5.69. The molecule has 0 atom stereocenters. The first-order valence-corrected chi connectivity index (χ1v) is 5.52. The van der Waals surface area contributed by atoms with E-state index in [-0.39, 0.29) is 12.5 Å². The quantitative estimate of drug-likeness (QED) is 0.587. The summed E-state index contributed by atoms with van der Waals surface area (Å²) in [5.41, 5.74) is 5.43. The summed E-state index contributed by atoms with van der Waals surface area (Å²) in [6, 6.07) is 1.64. The standard InChI is InChI=1S/C11H19N3O2/c1-9(2)4-3-7-16-11(15)8-14-6-5-10(12)13-14/h5-6,9H,3-4,7-8H2,1-2H3,(H2,12,13). The smallest absolute Gasteiger partial charge is 0.327 e. The maximum absolute atomic E-state index is 11.3. The zero-order valence-corrected chi connectivity index (χ0v) is 9.85. The van der Waals surface area contributed by atoms with Gasteiger partial charge in [-0.05, 0) is 24.8 Å². The summed E-state index contributed by atoms with van der Waals surface area (Å²) in [5.74, 6) is 0.782. The molecule has 1 heterocycles. The van der Waals surface area contributed by atoms with E-state index in [2.05, 4.69) is 18.9 Å². The van der Waals surface area contributed by atoms with Gasteiger partial charge in [0.05, 0.1) is 6.61 Å². The lowest BCUT2D eigenvalue weighted by atomic mass is 10.1. The topological polar surface area (TPSA) is 70.1 Å².